The molecule has 1 aromatic carbocycles. The lowest BCUT2D eigenvalue weighted by atomic mass is 9.95. The van der Waals surface area contributed by atoms with Crippen LogP contribution in [0.15, 0.2) is 12.1 Å². The smallest absolute Gasteiger partial charge is 0.303 e. The van der Waals surface area contributed by atoms with Crippen molar-refractivity contribution in [2.75, 3.05) is 13.2 Å². The summed E-state index contributed by atoms with van der Waals surface area (Å²) in [6.07, 6.45) is -0.488. The topological polar surface area (TPSA) is 76.0 Å². The molecule has 0 saturated heterocycles. The Labute approximate surface area is 122 Å². The average molecular weight is 301 g/mol. The summed E-state index contributed by atoms with van der Waals surface area (Å²) in [6.45, 7) is 2.71. The first kappa shape index (κ1) is 14.9. The Morgan fingerprint density at radius 3 is 2.55 bits per heavy atom. The van der Waals surface area contributed by atoms with Crippen molar-refractivity contribution in [3.05, 3.63) is 22.7 Å². The van der Waals surface area contributed by atoms with Crippen molar-refractivity contribution in [3.63, 3.8) is 0 Å². The molecule has 0 bridgehead atoms. The molecule has 2 rings (SSSR count). The minimum atomic E-state index is -0.877. The number of aliphatic carboxylic acids is 1. The number of rotatable bonds is 5. The van der Waals surface area contributed by atoms with Crippen molar-refractivity contribution >= 4 is 17.6 Å². The van der Waals surface area contributed by atoms with Gasteiger partial charge in [-0.2, -0.15) is 0 Å². The van der Waals surface area contributed by atoms with Crippen LogP contribution in [0.4, 0.5) is 0 Å². The van der Waals surface area contributed by atoms with Gasteiger partial charge in [0.2, 0.25) is 0 Å². The van der Waals surface area contributed by atoms with Gasteiger partial charge in [-0.1, -0.05) is 18.5 Å². The second-order valence-electron chi connectivity index (χ2n) is 4.97. The molecule has 0 aromatic heterocycles. The van der Waals surface area contributed by atoms with Crippen LogP contribution in [0.5, 0.6) is 11.5 Å². The third-order valence-electron chi connectivity index (χ3n) is 3.17. The van der Waals surface area contributed by atoms with E-state index in [1.165, 1.54) is 0 Å². The molecule has 2 unspecified atom stereocenters. The summed E-state index contributed by atoms with van der Waals surface area (Å²) >= 11 is 6.13. The molecule has 0 saturated carbocycles. The number of carbonyl (C=O) groups is 1. The number of carboxylic acid groups (broad SMARTS) is 1. The number of hydrogen-bond donors (Lipinski definition) is 2. The third-order valence-corrected chi connectivity index (χ3v) is 3.50. The minimum Gasteiger partial charge on any atom is -0.486 e. The van der Waals surface area contributed by atoms with Crippen LogP contribution in [0.3, 0.4) is 0 Å². The van der Waals surface area contributed by atoms with Crippen molar-refractivity contribution in [2.45, 2.75) is 25.9 Å². The molecular weight excluding hydrogens is 284 g/mol. The first-order valence-electron chi connectivity index (χ1n) is 6.46. The molecule has 1 aromatic rings. The minimum absolute atomic E-state index is 0.0131. The maximum Gasteiger partial charge on any atom is 0.303 e. The molecule has 0 amide bonds. The van der Waals surface area contributed by atoms with Crippen molar-refractivity contribution in [2.24, 2.45) is 5.92 Å². The number of aliphatic hydroxyl groups is 1. The molecule has 0 aliphatic carbocycles. The number of fused-ring (bicyclic) bond motifs is 1. The van der Waals surface area contributed by atoms with Crippen LogP contribution >= 0.6 is 11.6 Å². The summed E-state index contributed by atoms with van der Waals surface area (Å²) in [5, 5.41) is 19.3. The highest BCUT2D eigenvalue weighted by molar-refractivity contribution is 6.31. The van der Waals surface area contributed by atoms with Gasteiger partial charge in [-0.05, 0) is 18.4 Å². The number of ether oxygens (including phenoxy) is 2. The Morgan fingerprint density at radius 1 is 1.35 bits per heavy atom. The van der Waals surface area contributed by atoms with Gasteiger partial charge >= 0.3 is 5.97 Å². The van der Waals surface area contributed by atoms with E-state index in [0.29, 0.717) is 41.7 Å². The first-order chi connectivity index (χ1) is 9.47. The molecule has 1 heterocycles. The van der Waals surface area contributed by atoms with Gasteiger partial charge in [0.05, 0.1) is 11.1 Å². The van der Waals surface area contributed by atoms with Crippen LogP contribution in [0, 0.1) is 5.92 Å². The predicted molar refractivity (Wildman–Crippen MR) is 73.4 cm³/mol. The highest BCUT2D eigenvalue weighted by Gasteiger charge is 2.21. The number of benzene rings is 1. The van der Waals surface area contributed by atoms with Crippen molar-refractivity contribution in [3.8, 4) is 11.5 Å². The Hall–Kier alpha value is -1.46. The second-order valence-corrected chi connectivity index (χ2v) is 5.38. The highest BCUT2D eigenvalue weighted by Crippen LogP contribution is 2.39. The molecule has 2 atom stereocenters. The van der Waals surface area contributed by atoms with Gasteiger partial charge in [0, 0.05) is 18.1 Å². The Bertz CT molecular complexity index is 503. The van der Waals surface area contributed by atoms with Crippen LogP contribution < -0.4 is 9.47 Å². The van der Waals surface area contributed by atoms with Crippen LogP contribution in [-0.4, -0.2) is 29.4 Å². The summed E-state index contributed by atoms with van der Waals surface area (Å²) < 4.78 is 10.9. The molecule has 5 nitrogen and oxygen atoms in total. The van der Waals surface area contributed by atoms with Crippen LogP contribution in [0.2, 0.25) is 5.02 Å². The van der Waals surface area contributed by atoms with E-state index in [1.54, 1.807) is 19.1 Å². The van der Waals surface area contributed by atoms with Gasteiger partial charge in [-0.3, -0.25) is 4.79 Å². The number of hydrogen-bond acceptors (Lipinski definition) is 4. The van der Waals surface area contributed by atoms with E-state index in [1.807, 2.05) is 0 Å². The van der Waals surface area contributed by atoms with E-state index in [2.05, 4.69) is 0 Å². The summed E-state index contributed by atoms with van der Waals surface area (Å²) in [5.41, 5.74) is 0.535. The van der Waals surface area contributed by atoms with Crippen molar-refractivity contribution in [1.82, 2.24) is 0 Å². The van der Waals surface area contributed by atoms with E-state index in [4.69, 9.17) is 26.2 Å². The van der Waals surface area contributed by atoms with Gasteiger partial charge in [-0.15, -0.1) is 0 Å². The van der Waals surface area contributed by atoms with E-state index < -0.39 is 12.1 Å². The molecule has 1 aliphatic rings. The van der Waals surface area contributed by atoms with E-state index in [9.17, 15) is 9.90 Å². The standard InChI is InChI=1S/C14H17ClO5/c1-8(5-14(17)18)4-11(16)9-6-12-13(7-10(9)15)20-3-2-19-12/h6-8,11,16H,2-5H2,1H3,(H,17,18). The molecule has 0 radical (unpaired) electrons. The molecule has 20 heavy (non-hydrogen) atoms. The van der Waals surface area contributed by atoms with Crippen LogP contribution in [0.25, 0.3) is 0 Å². The molecule has 110 valence electrons. The summed E-state index contributed by atoms with van der Waals surface area (Å²) in [7, 11) is 0. The van der Waals surface area contributed by atoms with Crippen molar-refractivity contribution < 1.29 is 24.5 Å². The van der Waals surface area contributed by atoms with Crippen molar-refractivity contribution in [1.29, 1.82) is 0 Å². The van der Waals surface area contributed by atoms with E-state index in [0.717, 1.165) is 0 Å². The van der Waals surface area contributed by atoms with Gasteiger partial charge in [0.15, 0.2) is 11.5 Å². The Kier molecular flexibility index (Phi) is 4.73. The molecule has 0 spiro atoms. The number of aliphatic hydroxyl groups excluding tert-OH is 1. The van der Waals surface area contributed by atoms with Crippen LogP contribution in [-0.2, 0) is 4.79 Å². The lowest BCUT2D eigenvalue weighted by Crippen LogP contribution is -2.16. The van der Waals surface area contributed by atoms with Crippen LogP contribution in [0.1, 0.15) is 31.4 Å². The largest absolute Gasteiger partial charge is 0.486 e. The molecule has 0 fully saturated rings. The monoisotopic (exact) mass is 300 g/mol. The van der Waals surface area contributed by atoms with E-state index in [-0.39, 0.29) is 12.3 Å². The van der Waals surface area contributed by atoms with Gasteiger partial charge in [0.1, 0.15) is 13.2 Å². The lowest BCUT2D eigenvalue weighted by molar-refractivity contribution is -0.138. The number of halogens is 1. The second kappa shape index (κ2) is 6.33. The summed E-state index contributed by atoms with van der Waals surface area (Å²) in [4.78, 5) is 10.6. The summed E-state index contributed by atoms with van der Waals surface area (Å²) in [6, 6.07) is 3.28. The fraction of sp³-hybridized carbons (Fsp3) is 0.500. The number of carboxylic acids is 1. The first-order valence-corrected chi connectivity index (χ1v) is 6.84. The molecule has 6 heteroatoms. The zero-order chi connectivity index (χ0) is 14.7. The molecule has 1 aliphatic heterocycles. The zero-order valence-electron chi connectivity index (χ0n) is 11.1. The zero-order valence-corrected chi connectivity index (χ0v) is 11.9. The van der Waals surface area contributed by atoms with E-state index >= 15 is 0 Å². The predicted octanol–water partition coefficient (Wildman–Crippen LogP) is 2.65. The maximum atomic E-state index is 10.6. The molecule has 2 N–H and O–H groups in total. The fourth-order valence-electron chi connectivity index (χ4n) is 2.22. The lowest BCUT2D eigenvalue weighted by Gasteiger charge is -2.22. The fourth-order valence-corrected chi connectivity index (χ4v) is 2.50. The highest BCUT2D eigenvalue weighted by atomic mass is 35.5. The normalized spacial score (nSPS) is 16.6. The summed E-state index contributed by atoms with van der Waals surface area (Å²) in [5.74, 6) is 0.0983. The third kappa shape index (κ3) is 3.55. The molecular formula is C14H17ClO5. The maximum absolute atomic E-state index is 10.6. The van der Waals surface area contributed by atoms with Gasteiger partial charge < -0.3 is 19.7 Å². The SMILES string of the molecule is CC(CC(=O)O)CC(O)c1cc2c(cc1Cl)OCCO2. The van der Waals surface area contributed by atoms with Gasteiger partial charge in [-0.25, -0.2) is 0 Å². The Morgan fingerprint density at radius 2 is 1.95 bits per heavy atom. The Balaban J connectivity index is 2.13. The van der Waals surface area contributed by atoms with Gasteiger partial charge in [0.25, 0.3) is 0 Å². The quantitative estimate of drug-likeness (QED) is 0.874. The average Bonchev–Trinajstić information content (AvgIpc) is 2.36.